The van der Waals surface area contributed by atoms with Crippen molar-refractivity contribution in [2.45, 2.75) is 52.7 Å². The lowest BCUT2D eigenvalue weighted by Crippen LogP contribution is -2.28. The van der Waals surface area contributed by atoms with Gasteiger partial charge in [0.2, 0.25) is 5.91 Å². The first-order chi connectivity index (χ1) is 14.8. The summed E-state index contributed by atoms with van der Waals surface area (Å²) in [6.45, 7) is 5.62. The van der Waals surface area contributed by atoms with E-state index < -0.39 is 5.97 Å². The summed E-state index contributed by atoms with van der Waals surface area (Å²) in [5, 5.41) is 3.40. The average molecular weight is 440 g/mol. The minimum atomic E-state index is -0.450. The molecule has 1 N–H and O–H groups in total. The molecule has 0 aliphatic heterocycles. The SMILES string of the molecule is CC1CCc2c(sc3ncn(CC(=O)Nc4cccc(C(=O)OC(C)C)c4)c(=O)c23)C1. The molecule has 0 radical (unpaired) electrons. The molecule has 0 fully saturated rings. The van der Waals surface area contributed by atoms with E-state index in [9.17, 15) is 14.4 Å². The fourth-order valence-electron chi connectivity index (χ4n) is 3.84. The minimum absolute atomic E-state index is 0.149. The number of ether oxygens (including phenoxy) is 1. The first kappa shape index (κ1) is 21.2. The first-order valence-electron chi connectivity index (χ1n) is 10.4. The fourth-order valence-corrected chi connectivity index (χ4v) is 5.18. The number of aromatic nitrogens is 2. The van der Waals surface area contributed by atoms with Crippen molar-refractivity contribution < 1.29 is 14.3 Å². The molecule has 31 heavy (non-hydrogen) atoms. The van der Waals surface area contributed by atoms with E-state index in [4.69, 9.17) is 4.74 Å². The third-order valence-corrected chi connectivity index (χ3v) is 6.48. The number of aryl methyl sites for hydroxylation is 1. The van der Waals surface area contributed by atoms with Crippen LogP contribution in [0.2, 0.25) is 0 Å². The molecule has 1 amide bonds. The van der Waals surface area contributed by atoms with Crippen molar-refractivity contribution in [1.82, 2.24) is 9.55 Å². The Morgan fingerprint density at radius 3 is 2.94 bits per heavy atom. The number of rotatable bonds is 5. The van der Waals surface area contributed by atoms with Gasteiger partial charge in [-0.3, -0.25) is 14.2 Å². The quantitative estimate of drug-likeness (QED) is 0.611. The van der Waals surface area contributed by atoms with Crippen molar-refractivity contribution in [2.24, 2.45) is 5.92 Å². The molecule has 2 aromatic heterocycles. The van der Waals surface area contributed by atoms with E-state index in [1.165, 1.54) is 15.8 Å². The molecular weight excluding hydrogens is 414 g/mol. The van der Waals surface area contributed by atoms with Crippen molar-refractivity contribution in [3.8, 4) is 0 Å². The number of thiophene rings is 1. The summed E-state index contributed by atoms with van der Waals surface area (Å²) in [6, 6.07) is 6.54. The minimum Gasteiger partial charge on any atom is -0.459 e. The van der Waals surface area contributed by atoms with E-state index in [-0.39, 0.29) is 24.1 Å². The Bertz CT molecular complexity index is 1210. The number of benzene rings is 1. The summed E-state index contributed by atoms with van der Waals surface area (Å²) in [6.07, 6.45) is 4.12. The van der Waals surface area contributed by atoms with Crippen LogP contribution < -0.4 is 10.9 Å². The smallest absolute Gasteiger partial charge is 0.338 e. The average Bonchev–Trinajstić information content (AvgIpc) is 3.08. The predicted molar refractivity (Wildman–Crippen MR) is 121 cm³/mol. The fraction of sp³-hybridized carbons (Fsp3) is 0.391. The van der Waals surface area contributed by atoms with E-state index in [0.29, 0.717) is 22.6 Å². The number of hydrogen-bond acceptors (Lipinski definition) is 6. The van der Waals surface area contributed by atoms with Crippen LogP contribution in [0.25, 0.3) is 10.2 Å². The van der Waals surface area contributed by atoms with Crippen molar-refractivity contribution in [2.75, 3.05) is 5.32 Å². The summed E-state index contributed by atoms with van der Waals surface area (Å²) in [5.74, 6) is -0.203. The number of carbonyl (C=O) groups excluding carboxylic acids is 2. The molecule has 1 aromatic carbocycles. The van der Waals surface area contributed by atoms with E-state index >= 15 is 0 Å². The Labute approximate surface area is 184 Å². The summed E-state index contributed by atoms with van der Waals surface area (Å²) < 4.78 is 6.54. The number of nitrogens with zero attached hydrogens (tertiary/aromatic N) is 2. The maximum Gasteiger partial charge on any atom is 0.338 e. The lowest BCUT2D eigenvalue weighted by atomic mass is 9.89. The van der Waals surface area contributed by atoms with Crippen LogP contribution in [0.4, 0.5) is 5.69 Å². The Morgan fingerprint density at radius 2 is 2.16 bits per heavy atom. The zero-order valence-corrected chi connectivity index (χ0v) is 18.6. The number of fused-ring (bicyclic) bond motifs is 3. The molecule has 1 aliphatic rings. The standard InChI is InChI=1S/C23H25N3O4S/c1-13(2)30-23(29)15-5-4-6-16(10-15)25-19(27)11-26-12-24-21-20(22(26)28)17-8-7-14(3)9-18(17)31-21/h4-6,10,12-14H,7-9,11H2,1-3H3,(H,25,27). The second-order valence-corrected chi connectivity index (χ2v) is 9.38. The molecule has 162 valence electrons. The van der Waals surface area contributed by atoms with Crippen LogP contribution in [0.1, 0.15) is 48.0 Å². The van der Waals surface area contributed by atoms with Crippen LogP contribution in [0.15, 0.2) is 35.4 Å². The summed E-state index contributed by atoms with van der Waals surface area (Å²) in [7, 11) is 0. The number of anilines is 1. The Kier molecular flexibility index (Phi) is 5.91. The molecule has 0 bridgehead atoms. The van der Waals surface area contributed by atoms with Gasteiger partial charge in [0.25, 0.3) is 5.56 Å². The predicted octanol–water partition coefficient (Wildman–Crippen LogP) is 3.79. The second kappa shape index (κ2) is 8.63. The highest BCUT2D eigenvalue weighted by atomic mass is 32.1. The van der Waals surface area contributed by atoms with Crippen molar-refractivity contribution in [1.29, 1.82) is 0 Å². The Hall–Kier alpha value is -3.00. The van der Waals surface area contributed by atoms with Gasteiger partial charge < -0.3 is 10.1 Å². The van der Waals surface area contributed by atoms with Crippen molar-refractivity contribution >= 4 is 39.1 Å². The highest BCUT2D eigenvalue weighted by Crippen LogP contribution is 2.35. The second-order valence-electron chi connectivity index (χ2n) is 8.29. The van der Waals surface area contributed by atoms with Crippen LogP contribution in [-0.4, -0.2) is 27.5 Å². The maximum absolute atomic E-state index is 13.1. The molecular formula is C23H25N3O4S. The molecule has 0 saturated heterocycles. The van der Waals surface area contributed by atoms with Gasteiger partial charge >= 0.3 is 5.97 Å². The van der Waals surface area contributed by atoms with Gasteiger partial charge in [-0.2, -0.15) is 0 Å². The number of nitrogens with one attached hydrogen (secondary N) is 1. The molecule has 3 aromatic rings. The summed E-state index contributed by atoms with van der Waals surface area (Å²) >= 11 is 1.59. The first-order valence-corrected chi connectivity index (χ1v) is 11.2. The Morgan fingerprint density at radius 1 is 1.35 bits per heavy atom. The summed E-state index contributed by atoms with van der Waals surface area (Å²) in [5.41, 5.74) is 1.74. The van der Waals surface area contributed by atoms with E-state index in [0.717, 1.165) is 29.7 Å². The Balaban J connectivity index is 1.52. The van der Waals surface area contributed by atoms with Gasteiger partial charge in [-0.15, -0.1) is 11.3 Å². The highest BCUT2D eigenvalue weighted by molar-refractivity contribution is 7.18. The number of carbonyl (C=O) groups is 2. The van der Waals surface area contributed by atoms with Gasteiger partial charge in [0.15, 0.2) is 0 Å². The van der Waals surface area contributed by atoms with E-state index in [2.05, 4.69) is 17.2 Å². The van der Waals surface area contributed by atoms with Crippen LogP contribution in [0.3, 0.4) is 0 Å². The molecule has 1 aliphatic carbocycles. The molecule has 2 heterocycles. The van der Waals surface area contributed by atoms with Gasteiger partial charge in [0, 0.05) is 10.6 Å². The van der Waals surface area contributed by atoms with Gasteiger partial charge in [0.1, 0.15) is 11.4 Å². The van der Waals surface area contributed by atoms with Crippen LogP contribution in [-0.2, 0) is 28.9 Å². The van der Waals surface area contributed by atoms with E-state index in [1.54, 1.807) is 49.4 Å². The number of amides is 1. The maximum atomic E-state index is 13.1. The third kappa shape index (κ3) is 4.54. The molecule has 4 rings (SSSR count). The highest BCUT2D eigenvalue weighted by Gasteiger charge is 2.23. The van der Waals surface area contributed by atoms with Gasteiger partial charge in [-0.05, 0) is 62.8 Å². The lowest BCUT2D eigenvalue weighted by molar-refractivity contribution is -0.116. The van der Waals surface area contributed by atoms with Crippen LogP contribution in [0.5, 0.6) is 0 Å². The molecule has 8 heteroatoms. The van der Waals surface area contributed by atoms with Gasteiger partial charge in [0.05, 0.1) is 23.4 Å². The number of esters is 1. The van der Waals surface area contributed by atoms with Crippen LogP contribution >= 0.6 is 11.3 Å². The normalized spacial score (nSPS) is 15.7. The van der Waals surface area contributed by atoms with Crippen LogP contribution in [0, 0.1) is 5.92 Å². The molecule has 7 nitrogen and oxygen atoms in total. The molecule has 1 atom stereocenters. The zero-order chi connectivity index (χ0) is 22.1. The largest absolute Gasteiger partial charge is 0.459 e. The lowest BCUT2D eigenvalue weighted by Gasteiger charge is -2.17. The zero-order valence-electron chi connectivity index (χ0n) is 17.8. The summed E-state index contributed by atoms with van der Waals surface area (Å²) in [4.78, 5) is 44.2. The number of hydrogen-bond donors (Lipinski definition) is 1. The van der Waals surface area contributed by atoms with Gasteiger partial charge in [-0.1, -0.05) is 13.0 Å². The third-order valence-electron chi connectivity index (χ3n) is 5.32. The molecule has 0 saturated carbocycles. The monoisotopic (exact) mass is 439 g/mol. The molecule has 1 unspecified atom stereocenters. The topological polar surface area (TPSA) is 90.3 Å². The van der Waals surface area contributed by atoms with Crippen molar-refractivity contribution in [3.63, 3.8) is 0 Å². The van der Waals surface area contributed by atoms with Crippen molar-refractivity contribution in [3.05, 3.63) is 57.0 Å². The van der Waals surface area contributed by atoms with E-state index in [1.807, 2.05) is 0 Å². The molecule has 0 spiro atoms. The van der Waals surface area contributed by atoms with Gasteiger partial charge in [-0.25, -0.2) is 9.78 Å².